The van der Waals surface area contributed by atoms with Crippen molar-refractivity contribution in [3.8, 4) is 0 Å². The van der Waals surface area contributed by atoms with Crippen LogP contribution < -0.4 is 10.6 Å². The maximum Gasteiger partial charge on any atom is 0.272 e. The molecule has 1 rings (SSSR count). The number of rotatable bonds is 7. The number of hydrogen-bond acceptors (Lipinski definition) is 4. The Kier molecular flexibility index (Phi) is 8.57. The molecule has 6 nitrogen and oxygen atoms in total. The Labute approximate surface area is 130 Å². The molecule has 0 aliphatic rings. The van der Waals surface area contributed by atoms with Gasteiger partial charge in [-0.05, 0) is 39.4 Å². The number of aryl methyl sites for hydroxylation is 1. The number of halogens is 1. The molecule has 21 heavy (non-hydrogen) atoms. The molecular formula is C14H22ClN3O3. The number of carbonyl (C=O) groups is 1. The zero-order chi connectivity index (χ0) is 15.1. The molecule has 1 atom stereocenters. The molecule has 7 heteroatoms. The molecule has 0 bridgehead atoms. The first-order chi connectivity index (χ1) is 9.45. The quantitative estimate of drug-likeness (QED) is 0.460. The fraction of sp³-hybridized carbons (Fsp3) is 0.500. The lowest BCUT2D eigenvalue weighted by Crippen LogP contribution is -2.27. The van der Waals surface area contributed by atoms with Crippen molar-refractivity contribution < 1.29 is 9.72 Å². The van der Waals surface area contributed by atoms with Gasteiger partial charge in [0, 0.05) is 18.1 Å². The number of benzene rings is 1. The van der Waals surface area contributed by atoms with Crippen LogP contribution in [0.3, 0.4) is 0 Å². The summed E-state index contributed by atoms with van der Waals surface area (Å²) in [5, 5.41) is 16.7. The van der Waals surface area contributed by atoms with Crippen molar-refractivity contribution in [3.63, 3.8) is 0 Å². The van der Waals surface area contributed by atoms with Crippen LogP contribution in [-0.2, 0) is 4.79 Å². The summed E-state index contributed by atoms with van der Waals surface area (Å²) >= 11 is 0. The number of hydrogen-bond donors (Lipinski definition) is 2. The van der Waals surface area contributed by atoms with Crippen LogP contribution in [0.25, 0.3) is 0 Å². The molecule has 0 fully saturated rings. The highest BCUT2D eigenvalue weighted by Crippen LogP contribution is 2.23. The van der Waals surface area contributed by atoms with Gasteiger partial charge in [-0.25, -0.2) is 0 Å². The van der Waals surface area contributed by atoms with E-state index in [2.05, 4.69) is 10.6 Å². The third kappa shape index (κ3) is 6.10. The minimum Gasteiger partial charge on any atom is -0.350 e. The van der Waals surface area contributed by atoms with E-state index in [1.54, 1.807) is 19.1 Å². The van der Waals surface area contributed by atoms with Crippen molar-refractivity contribution in [1.29, 1.82) is 0 Å². The SMILES string of the molecule is CNCCCC(=O)NC(C)c1ccc(C)c([N+](=O)[O-])c1.Cl. The summed E-state index contributed by atoms with van der Waals surface area (Å²) in [5.41, 5.74) is 1.44. The number of amides is 1. The molecule has 1 unspecified atom stereocenters. The molecule has 0 aliphatic carbocycles. The van der Waals surface area contributed by atoms with Gasteiger partial charge in [-0.1, -0.05) is 12.1 Å². The largest absolute Gasteiger partial charge is 0.350 e. The van der Waals surface area contributed by atoms with Crippen LogP contribution in [0.2, 0.25) is 0 Å². The number of carbonyl (C=O) groups excluding carboxylic acids is 1. The van der Waals surface area contributed by atoms with E-state index in [1.807, 2.05) is 14.0 Å². The van der Waals surface area contributed by atoms with Gasteiger partial charge in [-0.15, -0.1) is 12.4 Å². The molecule has 2 N–H and O–H groups in total. The highest BCUT2D eigenvalue weighted by Gasteiger charge is 2.15. The topological polar surface area (TPSA) is 84.3 Å². The van der Waals surface area contributed by atoms with Gasteiger partial charge in [0.25, 0.3) is 5.69 Å². The molecule has 118 valence electrons. The molecule has 1 aromatic rings. The first kappa shape index (κ1) is 19.3. The van der Waals surface area contributed by atoms with Crippen LogP contribution in [-0.4, -0.2) is 24.4 Å². The summed E-state index contributed by atoms with van der Waals surface area (Å²) in [6, 6.07) is 4.79. The summed E-state index contributed by atoms with van der Waals surface area (Å²) in [5.74, 6) is -0.0454. The lowest BCUT2D eigenvalue weighted by Gasteiger charge is -2.14. The molecule has 1 aromatic carbocycles. The zero-order valence-electron chi connectivity index (χ0n) is 12.5. The average molecular weight is 316 g/mol. The van der Waals surface area contributed by atoms with Crippen molar-refractivity contribution in [2.45, 2.75) is 32.7 Å². The minimum absolute atomic E-state index is 0. The smallest absolute Gasteiger partial charge is 0.272 e. The molecule has 0 saturated heterocycles. The van der Waals surface area contributed by atoms with E-state index in [0.717, 1.165) is 18.5 Å². The van der Waals surface area contributed by atoms with Crippen LogP contribution in [0, 0.1) is 17.0 Å². The second-order valence-corrected chi connectivity index (χ2v) is 4.80. The first-order valence-electron chi connectivity index (χ1n) is 6.64. The Morgan fingerprint density at radius 2 is 2.10 bits per heavy atom. The molecule has 0 radical (unpaired) electrons. The van der Waals surface area contributed by atoms with Crippen molar-refractivity contribution >= 4 is 24.0 Å². The summed E-state index contributed by atoms with van der Waals surface area (Å²) < 4.78 is 0. The Morgan fingerprint density at radius 3 is 2.67 bits per heavy atom. The van der Waals surface area contributed by atoms with Crippen LogP contribution in [0.5, 0.6) is 0 Å². The Hall–Kier alpha value is -1.66. The molecule has 1 amide bonds. The lowest BCUT2D eigenvalue weighted by atomic mass is 10.0. The maximum absolute atomic E-state index is 11.7. The van der Waals surface area contributed by atoms with Gasteiger partial charge in [-0.2, -0.15) is 0 Å². The van der Waals surface area contributed by atoms with E-state index in [0.29, 0.717) is 12.0 Å². The van der Waals surface area contributed by atoms with Gasteiger partial charge in [0.2, 0.25) is 5.91 Å². The van der Waals surface area contributed by atoms with E-state index < -0.39 is 4.92 Å². The molecule has 0 aromatic heterocycles. The molecule has 0 saturated carbocycles. The van der Waals surface area contributed by atoms with Gasteiger partial charge < -0.3 is 10.6 Å². The van der Waals surface area contributed by atoms with E-state index in [9.17, 15) is 14.9 Å². The maximum atomic E-state index is 11.7. The fourth-order valence-corrected chi connectivity index (χ4v) is 1.92. The third-order valence-corrected chi connectivity index (χ3v) is 3.14. The average Bonchev–Trinajstić information content (AvgIpc) is 2.39. The van der Waals surface area contributed by atoms with Crippen molar-refractivity contribution in [2.24, 2.45) is 0 Å². The summed E-state index contributed by atoms with van der Waals surface area (Å²) in [6.45, 7) is 4.31. The summed E-state index contributed by atoms with van der Waals surface area (Å²) in [6.07, 6.45) is 1.21. The monoisotopic (exact) mass is 315 g/mol. The molecule has 0 aliphatic heterocycles. The van der Waals surface area contributed by atoms with Gasteiger partial charge in [0.15, 0.2) is 0 Å². The van der Waals surface area contributed by atoms with Gasteiger partial charge in [0.05, 0.1) is 11.0 Å². The Balaban J connectivity index is 0.00000400. The third-order valence-electron chi connectivity index (χ3n) is 3.14. The normalized spacial score (nSPS) is 11.4. The van der Waals surface area contributed by atoms with Crippen molar-refractivity contribution in [1.82, 2.24) is 10.6 Å². The number of nitrogens with zero attached hydrogens (tertiary/aromatic N) is 1. The van der Waals surface area contributed by atoms with Crippen LogP contribution in [0.4, 0.5) is 5.69 Å². The van der Waals surface area contributed by atoms with Crippen LogP contribution in [0.1, 0.15) is 36.9 Å². The van der Waals surface area contributed by atoms with Crippen molar-refractivity contribution in [2.75, 3.05) is 13.6 Å². The van der Waals surface area contributed by atoms with Gasteiger partial charge in [-0.3, -0.25) is 14.9 Å². The van der Waals surface area contributed by atoms with E-state index in [-0.39, 0.29) is 30.0 Å². The first-order valence-corrected chi connectivity index (χ1v) is 6.64. The minimum atomic E-state index is -0.402. The van der Waals surface area contributed by atoms with Gasteiger partial charge >= 0.3 is 0 Å². The predicted octanol–water partition coefficient (Wildman–Crippen LogP) is 2.50. The Morgan fingerprint density at radius 1 is 1.43 bits per heavy atom. The Bertz CT molecular complexity index is 494. The van der Waals surface area contributed by atoms with E-state index in [1.165, 1.54) is 6.07 Å². The second kappa shape index (κ2) is 9.31. The molecule has 0 spiro atoms. The number of nitro benzene ring substituents is 1. The highest BCUT2D eigenvalue weighted by atomic mass is 35.5. The zero-order valence-corrected chi connectivity index (χ0v) is 13.3. The van der Waals surface area contributed by atoms with E-state index >= 15 is 0 Å². The number of nitrogens with one attached hydrogen (secondary N) is 2. The summed E-state index contributed by atoms with van der Waals surface area (Å²) in [7, 11) is 1.84. The van der Waals surface area contributed by atoms with Crippen LogP contribution in [0.15, 0.2) is 18.2 Å². The fourth-order valence-electron chi connectivity index (χ4n) is 1.92. The highest BCUT2D eigenvalue weighted by molar-refractivity contribution is 5.85. The van der Waals surface area contributed by atoms with Crippen LogP contribution >= 0.6 is 12.4 Å². The number of nitro groups is 1. The lowest BCUT2D eigenvalue weighted by molar-refractivity contribution is -0.385. The molecule has 0 heterocycles. The van der Waals surface area contributed by atoms with E-state index in [4.69, 9.17) is 0 Å². The van der Waals surface area contributed by atoms with Crippen molar-refractivity contribution in [3.05, 3.63) is 39.4 Å². The predicted molar refractivity (Wildman–Crippen MR) is 84.8 cm³/mol. The second-order valence-electron chi connectivity index (χ2n) is 4.80. The van der Waals surface area contributed by atoms with Gasteiger partial charge in [0.1, 0.15) is 0 Å². The summed E-state index contributed by atoms with van der Waals surface area (Å²) in [4.78, 5) is 22.2. The molecular weight excluding hydrogens is 294 g/mol. The standard InChI is InChI=1S/C14H21N3O3.ClH/c1-10-6-7-12(9-13(10)17(19)20)11(2)16-14(18)5-4-8-15-3;/h6-7,9,11,15H,4-5,8H2,1-3H3,(H,16,18);1H.